The van der Waals surface area contributed by atoms with Gasteiger partial charge in [0.2, 0.25) is 5.91 Å². The molecule has 2 fully saturated rings. The normalized spacial score (nSPS) is 22.1. The summed E-state index contributed by atoms with van der Waals surface area (Å²) in [6, 6.07) is 17.0. The fourth-order valence-electron chi connectivity index (χ4n) is 4.30. The average molecular weight is 446 g/mol. The van der Waals surface area contributed by atoms with Gasteiger partial charge in [0.05, 0.1) is 17.3 Å². The van der Waals surface area contributed by atoms with E-state index in [9.17, 15) is 9.59 Å². The van der Waals surface area contributed by atoms with Crippen LogP contribution in [0, 0.1) is 26.7 Å². The molecule has 3 unspecified atom stereocenters. The Hall–Kier alpha value is -3.69. The molecule has 4 N–H and O–H groups in total. The Morgan fingerprint density at radius 2 is 1.85 bits per heavy atom. The van der Waals surface area contributed by atoms with Crippen LogP contribution in [0.3, 0.4) is 0 Å². The van der Waals surface area contributed by atoms with E-state index in [1.54, 1.807) is 22.9 Å². The highest BCUT2D eigenvalue weighted by molar-refractivity contribution is 6.03. The van der Waals surface area contributed by atoms with Crippen LogP contribution in [0.25, 0.3) is 0 Å². The van der Waals surface area contributed by atoms with Gasteiger partial charge >= 0.3 is 0 Å². The van der Waals surface area contributed by atoms with Crippen LogP contribution in [0.4, 0.5) is 11.5 Å². The Morgan fingerprint density at radius 3 is 2.61 bits per heavy atom. The third-order valence-corrected chi connectivity index (χ3v) is 6.23. The summed E-state index contributed by atoms with van der Waals surface area (Å²) in [4.78, 5) is 25.7. The molecule has 2 aliphatic heterocycles. The van der Waals surface area contributed by atoms with Crippen LogP contribution >= 0.6 is 0 Å². The number of nitrogens with one attached hydrogen (secondary N) is 4. The molecule has 1 aromatic heterocycles. The van der Waals surface area contributed by atoms with Crippen molar-refractivity contribution in [2.45, 2.75) is 33.2 Å². The number of hydrogen-bond donors (Lipinski definition) is 4. The van der Waals surface area contributed by atoms with Crippen LogP contribution < -0.4 is 26.4 Å². The molecule has 0 spiro atoms. The number of fused-ring (bicyclic) bond motifs is 1. The molecule has 170 valence electrons. The van der Waals surface area contributed by atoms with Gasteiger partial charge < -0.3 is 10.6 Å². The smallest absolute Gasteiger partial charge is 0.256 e. The minimum atomic E-state index is -0.618. The molecular weight excluding hydrogens is 418 g/mol. The first-order valence-electron chi connectivity index (χ1n) is 11.0. The molecule has 0 saturated carbocycles. The highest BCUT2D eigenvalue weighted by Crippen LogP contribution is 2.29. The molecule has 0 radical (unpaired) electrons. The Labute approximate surface area is 192 Å². The second kappa shape index (κ2) is 8.34. The quantitative estimate of drug-likeness (QED) is 0.491. The molecule has 2 aliphatic rings. The van der Waals surface area contributed by atoms with E-state index in [-0.39, 0.29) is 23.9 Å². The first-order chi connectivity index (χ1) is 15.9. The van der Waals surface area contributed by atoms with Gasteiger partial charge in [-0.05, 0) is 56.2 Å². The largest absolute Gasteiger partial charge is 0.321 e. The summed E-state index contributed by atoms with van der Waals surface area (Å²) in [5, 5.41) is 15.9. The van der Waals surface area contributed by atoms with Crippen LogP contribution in [0.1, 0.15) is 33.5 Å². The molecule has 2 aromatic carbocycles. The van der Waals surface area contributed by atoms with E-state index in [1.807, 2.05) is 36.2 Å². The molecule has 5 rings (SSSR count). The lowest BCUT2D eigenvalue weighted by atomic mass is 10.0. The Morgan fingerprint density at radius 1 is 1.06 bits per heavy atom. The van der Waals surface area contributed by atoms with E-state index in [0.29, 0.717) is 17.9 Å². The Bertz CT molecular complexity index is 1210. The van der Waals surface area contributed by atoms with E-state index >= 15 is 0 Å². The highest BCUT2D eigenvalue weighted by Gasteiger charge is 2.45. The van der Waals surface area contributed by atoms with Gasteiger partial charge in [0.1, 0.15) is 12.0 Å². The summed E-state index contributed by atoms with van der Waals surface area (Å²) in [6.45, 7) is 6.52. The van der Waals surface area contributed by atoms with E-state index in [1.165, 1.54) is 11.1 Å². The van der Waals surface area contributed by atoms with Crippen molar-refractivity contribution in [1.29, 1.82) is 0 Å². The minimum Gasteiger partial charge on any atom is -0.321 e. The topological polar surface area (TPSA) is 103 Å². The average Bonchev–Trinajstić information content (AvgIpc) is 3.40. The molecule has 2 saturated heterocycles. The van der Waals surface area contributed by atoms with Crippen molar-refractivity contribution in [2.75, 3.05) is 16.9 Å². The second-order valence-electron chi connectivity index (χ2n) is 8.57. The van der Waals surface area contributed by atoms with E-state index in [0.717, 1.165) is 11.4 Å². The number of nitrogens with zero attached hydrogens (tertiary/aromatic N) is 3. The number of anilines is 2. The van der Waals surface area contributed by atoms with Crippen LogP contribution in [0.5, 0.6) is 0 Å². The van der Waals surface area contributed by atoms with Crippen molar-refractivity contribution in [3.63, 3.8) is 0 Å². The second-order valence-corrected chi connectivity index (χ2v) is 8.57. The van der Waals surface area contributed by atoms with E-state index < -0.39 is 6.29 Å². The van der Waals surface area contributed by atoms with Crippen molar-refractivity contribution < 1.29 is 9.59 Å². The maximum absolute atomic E-state index is 13.0. The standard InChI is InChI=1S/C24H27N7O2/c1-14-9-10-18(11-15(14)2)30-21-19(13-25-30)23(33)28-24(27-21)31-20(12-16(3)29-31)26-22(32)17-7-5-4-6-8-17/h4-12,19,21,24-25,27H,13H2,1-3H3,(H,26,32)(H,28,33). The van der Waals surface area contributed by atoms with Gasteiger partial charge in [0.25, 0.3) is 5.91 Å². The van der Waals surface area contributed by atoms with Crippen LogP contribution in [-0.2, 0) is 4.79 Å². The summed E-state index contributed by atoms with van der Waals surface area (Å²) in [6.07, 6.45) is -0.888. The van der Waals surface area contributed by atoms with E-state index in [4.69, 9.17) is 0 Å². The first kappa shape index (κ1) is 21.2. The van der Waals surface area contributed by atoms with Gasteiger partial charge in [0, 0.05) is 18.2 Å². The Balaban J connectivity index is 1.41. The fraction of sp³-hybridized carbons (Fsp3) is 0.292. The predicted molar refractivity (Wildman–Crippen MR) is 125 cm³/mol. The lowest BCUT2D eigenvalue weighted by Gasteiger charge is -2.37. The maximum Gasteiger partial charge on any atom is 0.256 e. The van der Waals surface area contributed by atoms with Crippen molar-refractivity contribution in [3.8, 4) is 0 Å². The van der Waals surface area contributed by atoms with E-state index in [2.05, 4.69) is 52.5 Å². The first-order valence-corrected chi connectivity index (χ1v) is 11.0. The molecule has 0 aliphatic carbocycles. The number of hydrogen-bond acceptors (Lipinski definition) is 6. The number of amides is 2. The van der Waals surface area contributed by atoms with Gasteiger partial charge in [-0.2, -0.15) is 5.10 Å². The number of aryl methyl sites for hydroxylation is 3. The number of carbonyl (C=O) groups is 2. The summed E-state index contributed by atoms with van der Waals surface area (Å²) in [5.74, 6) is -0.0738. The Kier molecular flexibility index (Phi) is 5.35. The number of carbonyl (C=O) groups excluding carboxylic acids is 2. The molecule has 3 atom stereocenters. The molecule has 0 bridgehead atoms. The highest BCUT2D eigenvalue weighted by atomic mass is 16.2. The molecule has 3 heterocycles. The van der Waals surface area contributed by atoms with Crippen LogP contribution in [-0.4, -0.2) is 34.3 Å². The molecule has 3 aromatic rings. The van der Waals surface area contributed by atoms with Crippen molar-refractivity contribution in [2.24, 2.45) is 5.92 Å². The number of rotatable bonds is 4. The third-order valence-electron chi connectivity index (χ3n) is 6.23. The predicted octanol–water partition coefficient (Wildman–Crippen LogP) is 2.20. The van der Waals surface area contributed by atoms with Crippen LogP contribution in [0.2, 0.25) is 0 Å². The fourth-order valence-corrected chi connectivity index (χ4v) is 4.30. The SMILES string of the molecule is Cc1cc(NC(=O)c2ccccc2)n(C2NC(=O)C3CNN(c4ccc(C)c(C)c4)C3N2)n1. The van der Waals surface area contributed by atoms with Crippen molar-refractivity contribution in [3.05, 3.63) is 77.0 Å². The van der Waals surface area contributed by atoms with Gasteiger partial charge in [-0.3, -0.25) is 19.9 Å². The third kappa shape index (κ3) is 3.96. The molecule has 2 amide bonds. The number of benzene rings is 2. The molecular formula is C24H27N7O2. The monoisotopic (exact) mass is 445 g/mol. The number of hydrazine groups is 1. The zero-order valence-corrected chi connectivity index (χ0v) is 18.8. The lowest BCUT2D eigenvalue weighted by Crippen LogP contribution is -2.61. The maximum atomic E-state index is 13.0. The zero-order chi connectivity index (χ0) is 23.1. The van der Waals surface area contributed by atoms with Crippen molar-refractivity contribution >= 4 is 23.3 Å². The van der Waals surface area contributed by atoms with Crippen LogP contribution in [0.15, 0.2) is 54.6 Å². The lowest BCUT2D eigenvalue weighted by molar-refractivity contribution is -0.129. The van der Waals surface area contributed by atoms with Gasteiger partial charge in [-0.15, -0.1) is 0 Å². The molecule has 9 heteroatoms. The van der Waals surface area contributed by atoms with Crippen molar-refractivity contribution in [1.82, 2.24) is 25.8 Å². The number of aromatic nitrogens is 2. The summed E-state index contributed by atoms with van der Waals surface area (Å²) in [7, 11) is 0. The van der Waals surface area contributed by atoms with Gasteiger partial charge in [0.15, 0.2) is 6.29 Å². The summed E-state index contributed by atoms with van der Waals surface area (Å²) in [5.41, 5.74) is 8.01. The minimum absolute atomic E-state index is 0.0731. The van der Waals surface area contributed by atoms with Gasteiger partial charge in [-0.1, -0.05) is 24.3 Å². The zero-order valence-electron chi connectivity index (χ0n) is 18.8. The summed E-state index contributed by atoms with van der Waals surface area (Å²) >= 11 is 0. The molecule has 9 nitrogen and oxygen atoms in total. The van der Waals surface area contributed by atoms with Gasteiger partial charge in [-0.25, -0.2) is 10.1 Å². The summed E-state index contributed by atoms with van der Waals surface area (Å²) < 4.78 is 1.61. The molecule has 33 heavy (non-hydrogen) atoms.